The zero-order valence-corrected chi connectivity index (χ0v) is 10.7. The molecule has 0 amide bonds. The molecule has 17 heavy (non-hydrogen) atoms. The number of benzene rings is 1. The normalized spacial score (nSPS) is 10.6. The van der Waals surface area contributed by atoms with Crippen molar-refractivity contribution < 1.29 is 0 Å². The van der Waals surface area contributed by atoms with Gasteiger partial charge in [-0.15, -0.1) is 0 Å². The predicted molar refractivity (Wildman–Crippen MR) is 70.8 cm³/mol. The van der Waals surface area contributed by atoms with Crippen molar-refractivity contribution in [3.63, 3.8) is 0 Å². The maximum atomic E-state index is 5.97. The first-order valence-corrected chi connectivity index (χ1v) is 5.68. The molecule has 0 aliphatic carbocycles. The topological polar surface area (TPSA) is 51.8 Å². The van der Waals surface area contributed by atoms with Crippen molar-refractivity contribution in [2.24, 2.45) is 0 Å². The lowest BCUT2D eigenvalue weighted by atomic mass is 10.0. The molecule has 88 valence electrons. The van der Waals surface area contributed by atoms with Crippen LogP contribution in [-0.4, -0.2) is 9.97 Å². The Morgan fingerprint density at radius 3 is 2.29 bits per heavy atom. The quantitative estimate of drug-likeness (QED) is 0.814. The lowest BCUT2D eigenvalue weighted by Gasteiger charge is -2.11. The standard InChI is InChI=1S/C14H17N3/c1-8-6-5-7-12(9(8)2)13-14(15)17-11(4)10(3)16-13/h5-7H,1-4H3,(H2,15,17). The third-order valence-electron chi connectivity index (χ3n) is 3.19. The van der Waals surface area contributed by atoms with Gasteiger partial charge in [0.15, 0.2) is 0 Å². The fourth-order valence-electron chi connectivity index (χ4n) is 1.83. The molecule has 2 aromatic rings. The Bertz CT molecular complexity index is 574. The summed E-state index contributed by atoms with van der Waals surface area (Å²) < 4.78 is 0. The summed E-state index contributed by atoms with van der Waals surface area (Å²) in [7, 11) is 0. The first-order valence-electron chi connectivity index (χ1n) is 5.68. The highest BCUT2D eigenvalue weighted by Gasteiger charge is 2.11. The molecule has 0 aliphatic heterocycles. The summed E-state index contributed by atoms with van der Waals surface area (Å²) in [6.07, 6.45) is 0. The molecule has 3 nitrogen and oxygen atoms in total. The highest BCUT2D eigenvalue weighted by atomic mass is 14.9. The van der Waals surface area contributed by atoms with E-state index >= 15 is 0 Å². The first-order chi connectivity index (χ1) is 8.00. The Morgan fingerprint density at radius 2 is 1.59 bits per heavy atom. The monoisotopic (exact) mass is 227 g/mol. The van der Waals surface area contributed by atoms with Gasteiger partial charge in [0.1, 0.15) is 11.5 Å². The molecule has 2 N–H and O–H groups in total. The molecule has 0 spiro atoms. The largest absolute Gasteiger partial charge is 0.382 e. The number of anilines is 1. The number of rotatable bonds is 1. The van der Waals surface area contributed by atoms with Gasteiger partial charge in [0.25, 0.3) is 0 Å². The lowest BCUT2D eigenvalue weighted by molar-refractivity contribution is 1.06. The van der Waals surface area contributed by atoms with Crippen molar-refractivity contribution in [1.29, 1.82) is 0 Å². The average molecular weight is 227 g/mol. The van der Waals surface area contributed by atoms with E-state index in [-0.39, 0.29) is 0 Å². The van der Waals surface area contributed by atoms with Crippen LogP contribution in [0.5, 0.6) is 0 Å². The van der Waals surface area contributed by atoms with Crippen molar-refractivity contribution in [3.05, 3.63) is 40.7 Å². The van der Waals surface area contributed by atoms with Crippen molar-refractivity contribution in [1.82, 2.24) is 9.97 Å². The van der Waals surface area contributed by atoms with Crippen LogP contribution in [0, 0.1) is 27.7 Å². The molecule has 0 fully saturated rings. The molecule has 2 rings (SSSR count). The number of aromatic nitrogens is 2. The van der Waals surface area contributed by atoms with Crippen LogP contribution in [0.15, 0.2) is 18.2 Å². The second kappa shape index (κ2) is 4.17. The summed E-state index contributed by atoms with van der Waals surface area (Å²) >= 11 is 0. The molecule has 0 saturated carbocycles. The number of aryl methyl sites for hydroxylation is 3. The molecule has 1 heterocycles. The van der Waals surface area contributed by atoms with Crippen LogP contribution in [0.25, 0.3) is 11.3 Å². The minimum atomic E-state index is 0.502. The van der Waals surface area contributed by atoms with Gasteiger partial charge in [0.05, 0.1) is 11.4 Å². The Kier molecular flexibility index (Phi) is 2.84. The Balaban J connectivity index is 2.69. The summed E-state index contributed by atoms with van der Waals surface area (Å²) in [5.74, 6) is 0.502. The number of hydrogen-bond acceptors (Lipinski definition) is 3. The predicted octanol–water partition coefficient (Wildman–Crippen LogP) is 2.96. The Morgan fingerprint density at radius 1 is 0.941 bits per heavy atom. The van der Waals surface area contributed by atoms with Crippen LogP contribution >= 0.6 is 0 Å². The SMILES string of the molecule is Cc1cccc(-c2nc(C)c(C)nc2N)c1C. The molecule has 0 atom stereocenters. The molecule has 0 aliphatic rings. The van der Waals surface area contributed by atoms with Gasteiger partial charge in [-0.3, -0.25) is 0 Å². The van der Waals surface area contributed by atoms with E-state index in [1.807, 2.05) is 26.0 Å². The van der Waals surface area contributed by atoms with Crippen LogP contribution in [0.4, 0.5) is 5.82 Å². The fourth-order valence-corrected chi connectivity index (χ4v) is 1.83. The zero-order valence-electron chi connectivity index (χ0n) is 10.7. The first kappa shape index (κ1) is 11.6. The number of nitrogens with zero attached hydrogens (tertiary/aromatic N) is 2. The van der Waals surface area contributed by atoms with Gasteiger partial charge in [0.2, 0.25) is 0 Å². The summed E-state index contributed by atoms with van der Waals surface area (Å²) in [6.45, 7) is 8.05. The fraction of sp³-hybridized carbons (Fsp3) is 0.286. The van der Waals surface area contributed by atoms with E-state index in [4.69, 9.17) is 5.73 Å². The molecule has 3 heteroatoms. The average Bonchev–Trinajstić information content (AvgIpc) is 2.28. The molecule has 0 unspecified atom stereocenters. The van der Waals surface area contributed by atoms with Crippen molar-refractivity contribution >= 4 is 5.82 Å². The summed E-state index contributed by atoms with van der Waals surface area (Å²) in [4.78, 5) is 8.89. The molecular weight excluding hydrogens is 210 g/mol. The minimum Gasteiger partial charge on any atom is -0.382 e. The smallest absolute Gasteiger partial charge is 0.150 e. The van der Waals surface area contributed by atoms with Crippen LogP contribution in [0.2, 0.25) is 0 Å². The molecular formula is C14H17N3. The third-order valence-corrected chi connectivity index (χ3v) is 3.19. The number of hydrogen-bond donors (Lipinski definition) is 1. The van der Waals surface area contributed by atoms with Gasteiger partial charge in [0, 0.05) is 5.56 Å². The van der Waals surface area contributed by atoms with Gasteiger partial charge in [-0.25, -0.2) is 9.97 Å². The Hall–Kier alpha value is -1.90. The highest BCUT2D eigenvalue weighted by Crippen LogP contribution is 2.27. The molecule has 1 aromatic heterocycles. The van der Waals surface area contributed by atoms with Crippen LogP contribution in [0.1, 0.15) is 22.5 Å². The van der Waals surface area contributed by atoms with E-state index < -0.39 is 0 Å². The van der Waals surface area contributed by atoms with Gasteiger partial charge < -0.3 is 5.73 Å². The Labute approximate surface area is 102 Å². The summed E-state index contributed by atoms with van der Waals surface area (Å²) in [5.41, 5.74) is 12.1. The second-order valence-electron chi connectivity index (χ2n) is 4.38. The molecule has 0 radical (unpaired) electrons. The molecule has 0 bridgehead atoms. The summed E-state index contributed by atoms with van der Waals surface area (Å²) in [5, 5.41) is 0. The van der Waals surface area contributed by atoms with Crippen molar-refractivity contribution in [2.45, 2.75) is 27.7 Å². The second-order valence-corrected chi connectivity index (χ2v) is 4.38. The van der Waals surface area contributed by atoms with E-state index in [0.717, 1.165) is 22.6 Å². The van der Waals surface area contributed by atoms with Crippen molar-refractivity contribution in [2.75, 3.05) is 5.73 Å². The lowest BCUT2D eigenvalue weighted by Crippen LogP contribution is -2.03. The van der Waals surface area contributed by atoms with Crippen LogP contribution in [-0.2, 0) is 0 Å². The summed E-state index contributed by atoms with van der Waals surface area (Å²) in [6, 6.07) is 6.15. The van der Waals surface area contributed by atoms with Gasteiger partial charge in [-0.2, -0.15) is 0 Å². The maximum Gasteiger partial charge on any atom is 0.150 e. The maximum absolute atomic E-state index is 5.97. The highest BCUT2D eigenvalue weighted by molar-refractivity contribution is 5.73. The minimum absolute atomic E-state index is 0.502. The third kappa shape index (κ3) is 2.00. The van der Waals surface area contributed by atoms with Crippen molar-refractivity contribution in [3.8, 4) is 11.3 Å². The van der Waals surface area contributed by atoms with E-state index in [1.54, 1.807) is 0 Å². The van der Waals surface area contributed by atoms with Gasteiger partial charge in [-0.05, 0) is 38.8 Å². The van der Waals surface area contributed by atoms with Crippen LogP contribution in [0.3, 0.4) is 0 Å². The van der Waals surface area contributed by atoms with E-state index in [0.29, 0.717) is 5.82 Å². The van der Waals surface area contributed by atoms with Gasteiger partial charge >= 0.3 is 0 Å². The van der Waals surface area contributed by atoms with E-state index in [2.05, 4.69) is 29.9 Å². The van der Waals surface area contributed by atoms with Gasteiger partial charge in [-0.1, -0.05) is 18.2 Å². The van der Waals surface area contributed by atoms with Crippen LogP contribution < -0.4 is 5.73 Å². The zero-order chi connectivity index (χ0) is 12.6. The number of nitrogens with two attached hydrogens (primary N) is 1. The van der Waals surface area contributed by atoms with E-state index in [1.165, 1.54) is 11.1 Å². The molecule has 1 aromatic carbocycles. The number of nitrogen functional groups attached to an aromatic ring is 1. The van der Waals surface area contributed by atoms with E-state index in [9.17, 15) is 0 Å². The molecule has 0 saturated heterocycles.